The van der Waals surface area contributed by atoms with Gasteiger partial charge in [-0.2, -0.15) is 0 Å². The number of nitrogens with one attached hydrogen (secondary N) is 1. The smallest absolute Gasteiger partial charge is 0.338 e. The monoisotopic (exact) mass is 303 g/mol. The van der Waals surface area contributed by atoms with Crippen LogP contribution >= 0.6 is 11.3 Å². The van der Waals surface area contributed by atoms with Crippen LogP contribution in [0.15, 0.2) is 24.3 Å². The molecule has 1 heterocycles. The Bertz CT molecular complexity index is 704. The van der Waals surface area contributed by atoms with Gasteiger partial charge in [-0.3, -0.25) is 4.79 Å². The van der Waals surface area contributed by atoms with E-state index in [1.807, 2.05) is 32.9 Å². The molecule has 2 rings (SSSR count). The van der Waals surface area contributed by atoms with Crippen LogP contribution in [0.4, 0.5) is 5.00 Å². The fraction of sp³-hybridized carbons (Fsp3) is 0.250. The van der Waals surface area contributed by atoms with Gasteiger partial charge in [-0.25, -0.2) is 4.79 Å². The van der Waals surface area contributed by atoms with E-state index >= 15 is 0 Å². The fourth-order valence-corrected chi connectivity index (χ4v) is 3.09. The second kappa shape index (κ2) is 6.10. The van der Waals surface area contributed by atoms with E-state index in [4.69, 9.17) is 0 Å². The number of benzene rings is 1. The molecular weight excluding hydrogens is 286 g/mol. The Hall–Kier alpha value is -2.14. The number of hydrogen-bond acceptors (Lipinski definition) is 3. The first-order valence-corrected chi connectivity index (χ1v) is 7.48. The van der Waals surface area contributed by atoms with E-state index in [0.29, 0.717) is 10.6 Å². The number of hydrogen-bond donors (Lipinski definition) is 2. The molecule has 0 unspecified atom stereocenters. The molecule has 0 bridgehead atoms. The lowest BCUT2D eigenvalue weighted by molar-refractivity contribution is 0.0698. The van der Waals surface area contributed by atoms with Gasteiger partial charge in [0, 0.05) is 10.4 Å². The average Bonchev–Trinajstić information content (AvgIpc) is 2.81. The summed E-state index contributed by atoms with van der Waals surface area (Å²) in [6.45, 7) is 5.78. The normalized spacial score (nSPS) is 10.4. The largest absolute Gasteiger partial charge is 0.478 e. The van der Waals surface area contributed by atoms with Crippen LogP contribution in [0.25, 0.3) is 0 Å². The first-order valence-electron chi connectivity index (χ1n) is 6.67. The Balaban J connectivity index is 2.31. The van der Waals surface area contributed by atoms with Gasteiger partial charge in [0.1, 0.15) is 5.00 Å². The maximum absolute atomic E-state index is 12.3. The molecule has 0 aliphatic heterocycles. The number of aromatic carboxylic acids is 1. The summed E-state index contributed by atoms with van der Waals surface area (Å²) < 4.78 is 0. The number of carboxylic acids is 1. The zero-order valence-electron chi connectivity index (χ0n) is 12.2. The van der Waals surface area contributed by atoms with E-state index in [-0.39, 0.29) is 11.5 Å². The van der Waals surface area contributed by atoms with E-state index in [2.05, 4.69) is 5.32 Å². The minimum atomic E-state index is -1.03. The van der Waals surface area contributed by atoms with Crippen LogP contribution in [0.2, 0.25) is 0 Å². The first kappa shape index (κ1) is 15.3. The summed E-state index contributed by atoms with van der Waals surface area (Å²) >= 11 is 1.31. The van der Waals surface area contributed by atoms with Gasteiger partial charge in [-0.15, -0.1) is 11.3 Å². The molecule has 1 aromatic carbocycles. The van der Waals surface area contributed by atoms with E-state index in [1.165, 1.54) is 11.3 Å². The van der Waals surface area contributed by atoms with Crippen molar-refractivity contribution < 1.29 is 14.7 Å². The molecule has 1 aromatic heterocycles. The highest BCUT2D eigenvalue weighted by atomic mass is 32.1. The molecule has 0 saturated heterocycles. The van der Waals surface area contributed by atoms with Gasteiger partial charge < -0.3 is 10.4 Å². The average molecular weight is 303 g/mol. The molecule has 110 valence electrons. The van der Waals surface area contributed by atoms with E-state index < -0.39 is 5.97 Å². The molecule has 0 fully saturated rings. The van der Waals surface area contributed by atoms with Crippen molar-refractivity contribution in [3.63, 3.8) is 0 Å². The van der Waals surface area contributed by atoms with Crippen molar-refractivity contribution >= 4 is 28.2 Å². The number of aryl methyl sites for hydroxylation is 3. The van der Waals surface area contributed by atoms with Crippen molar-refractivity contribution in [2.24, 2.45) is 0 Å². The third kappa shape index (κ3) is 3.31. The minimum Gasteiger partial charge on any atom is -0.478 e. The summed E-state index contributed by atoms with van der Waals surface area (Å²) in [4.78, 5) is 24.5. The summed E-state index contributed by atoms with van der Waals surface area (Å²) in [5.41, 5.74) is 2.66. The lowest BCUT2D eigenvalue weighted by Gasteiger charge is -2.07. The molecule has 5 heteroatoms. The third-order valence-corrected chi connectivity index (χ3v) is 4.41. The fourth-order valence-electron chi connectivity index (χ4n) is 2.11. The highest BCUT2D eigenvalue weighted by molar-refractivity contribution is 7.16. The van der Waals surface area contributed by atoms with Crippen LogP contribution in [0.1, 0.15) is 43.6 Å². The van der Waals surface area contributed by atoms with Gasteiger partial charge >= 0.3 is 5.97 Å². The molecule has 0 aliphatic rings. The Morgan fingerprint density at radius 3 is 2.48 bits per heavy atom. The van der Waals surface area contributed by atoms with Crippen LogP contribution in [-0.4, -0.2) is 17.0 Å². The number of carbonyl (C=O) groups excluding carboxylic acids is 1. The zero-order valence-corrected chi connectivity index (χ0v) is 13.0. The van der Waals surface area contributed by atoms with Gasteiger partial charge in [0.2, 0.25) is 0 Å². The second-order valence-corrected chi connectivity index (χ2v) is 6.02. The number of carbonyl (C=O) groups is 2. The number of anilines is 1. The van der Waals surface area contributed by atoms with Crippen molar-refractivity contribution in [1.29, 1.82) is 0 Å². The maximum Gasteiger partial charge on any atom is 0.338 e. The quantitative estimate of drug-likeness (QED) is 0.900. The molecule has 1 amide bonds. The van der Waals surface area contributed by atoms with Crippen molar-refractivity contribution in [1.82, 2.24) is 0 Å². The molecule has 4 nitrogen and oxygen atoms in total. The topological polar surface area (TPSA) is 66.4 Å². The highest BCUT2D eigenvalue weighted by Gasteiger charge is 2.18. The highest BCUT2D eigenvalue weighted by Crippen LogP contribution is 2.29. The molecule has 2 aromatic rings. The van der Waals surface area contributed by atoms with E-state index in [0.717, 1.165) is 22.4 Å². The predicted octanol–water partition coefficient (Wildman–Crippen LogP) is 3.88. The lowest BCUT2D eigenvalue weighted by Crippen LogP contribution is -2.14. The van der Waals surface area contributed by atoms with Crippen LogP contribution in [0, 0.1) is 13.8 Å². The van der Waals surface area contributed by atoms with Gasteiger partial charge in [0.05, 0.1) is 5.56 Å². The van der Waals surface area contributed by atoms with Crippen molar-refractivity contribution in [2.75, 3.05) is 5.32 Å². The third-order valence-electron chi connectivity index (χ3n) is 3.22. The Morgan fingerprint density at radius 2 is 1.90 bits per heavy atom. The molecule has 2 N–H and O–H groups in total. The summed E-state index contributed by atoms with van der Waals surface area (Å²) in [6, 6.07) is 7.17. The maximum atomic E-state index is 12.3. The standard InChI is InChI=1S/C16H17NO3S/c1-4-11-8-13(16(19)20)15(21-11)17-14(18)12-6-5-9(2)7-10(12)3/h5-8H,4H2,1-3H3,(H,17,18)(H,19,20). The van der Waals surface area contributed by atoms with Crippen molar-refractivity contribution in [3.8, 4) is 0 Å². The SMILES string of the molecule is CCc1cc(C(=O)O)c(NC(=O)c2ccc(C)cc2C)s1. The lowest BCUT2D eigenvalue weighted by atomic mass is 10.1. The molecule has 0 radical (unpaired) electrons. The molecule has 0 saturated carbocycles. The summed E-state index contributed by atoms with van der Waals surface area (Å²) in [5, 5.41) is 12.3. The molecule has 21 heavy (non-hydrogen) atoms. The Morgan fingerprint density at radius 1 is 1.19 bits per heavy atom. The van der Waals surface area contributed by atoms with Crippen LogP contribution in [-0.2, 0) is 6.42 Å². The van der Waals surface area contributed by atoms with Crippen molar-refractivity contribution in [3.05, 3.63) is 51.4 Å². The second-order valence-electron chi connectivity index (χ2n) is 4.89. The summed E-state index contributed by atoms with van der Waals surface area (Å²) in [5.74, 6) is -1.30. The summed E-state index contributed by atoms with van der Waals surface area (Å²) in [6.07, 6.45) is 0.740. The molecule has 0 atom stereocenters. The zero-order chi connectivity index (χ0) is 15.6. The number of carboxylic acid groups (broad SMARTS) is 1. The van der Waals surface area contributed by atoms with Crippen LogP contribution in [0.3, 0.4) is 0 Å². The van der Waals surface area contributed by atoms with Gasteiger partial charge in [-0.05, 0) is 38.0 Å². The Labute approximate surface area is 127 Å². The molecule has 0 spiro atoms. The number of amides is 1. The Kier molecular flexibility index (Phi) is 4.43. The van der Waals surface area contributed by atoms with Gasteiger partial charge in [0.25, 0.3) is 5.91 Å². The van der Waals surface area contributed by atoms with Crippen LogP contribution in [0.5, 0.6) is 0 Å². The molecule has 0 aliphatic carbocycles. The van der Waals surface area contributed by atoms with Crippen molar-refractivity contribution in [2.45, 2.75) is 27.2 Å². The number of thiophene rings is 1. The minimum absolute atomic E-state index is 0.148. The first-order chi connectivity index (χ1) is 9.92. The van der Waals surface area contributed by atoms with E-state index in [9.17, 15) is 14.7 Å². The van der Waals surface area contributed by atoms with Gasteiger partial charge in [-0.1, -0.05) is 24.6 Å². The predicted molar refractivity (Wildman–Crippen MR) is 84.5 cm³/mol. The van der Waals surface area contributed by atoms with Gasteiger partial charge in [0.15, 0.2) is 0 Å². The van der Waals surface area contributed by atoms with Crippen LogP contribution < -0.4 is 5.32 Å². The van der Waals surface area contributed by atoms with E-state index in [1.54, 1.807) is 12.1 Å². The molecular formula is C16H17NO3S. The summed E-state index contributed by atoms with van der Waals surface area (Å²) in [7, 11) is 0. The number of rotatable bonds is 4.